The number of nitrogens with zero attached hydrogens (tertiary/aromatic N) is 4. The molecule has 2 aromatic heterocycles. The van der Waals surface area contributed by atoms with Crippen LogP contribution in [0.15, 0.2) is 36.5 Å². The number of alkyl halides is 5. The number of pyridine rings is 1. The van der Waals surface area contributed by atoms with Crippen molar-refractivity contribution >= 4 is 17.3 Å². The van der Waals surface area contributed by atoms with Gasteiger partial charge in [0.15, 0.2) is 5.82 Å². The van der Waals surface area contributed by atoms with Crippen LogP contribution in [0.1, 0.15) is 17.0 Å². The molecule has 148 valence electrons. The number of nitrogen functional groups attached to an aromatic ring is 1. The van der Waals surface area contributed by atoms with E-state index in [-0.39, 0.29) is 23.1 Å². The van der Waals surface area contributed by atoms with Gasteiger partial charge >= 0.3 is 12.1 Å². The summed E-state index contributed by atoms with van der Waals surface area (Å²) in [5.74, 6) is -7.06. The molecule has 0 fully saturated rings. The number of benzene rings is 1. The summed E-state index contributed by atoms with van der Waals surface area (Å²) in [6.07, 6.45) is -4.62. The van der Waals surface area contributed by atoms with Crippen LogP contribution in [0.4, 0.5) is 27.6 Å². The van der Waals surface area contributed by atoms with Crippen molar-refractivity contribution in [1.29, 1.82) is 0 Å². The molecule has 0 unspecified atom stereocenters. The van der Waals surface area contributed by atoms with E-state index >= 15 is 0 Å². The van der Waals surface area contributed by atoms with Gasteiger partial charge in [-0.25, -0.2) is 14.6 Å². The molecule has 0 atom stereocenters. The Bertz CT molecular complexity index is 998. The molecule has 28 heavy (non-hydrogen) atoms. The Morgan fingerprint density at radius 1 is 1.11 bits per heavy atom. The zero-order valence-corrected chi connectivity index (χ0v) is 15.1. The van der Waals surface area contributed by atoms with E-state index < -0.39 is 17.9 Å². The normalized spacial score (nSPS) is 12.4. The summed E-state index contributed by atoms with van der Waals surface area (Å²) in [7, 11) is 0. The number of hydrogen-bond acceptors (Lipinski definition) is 4. The van der Waals surface area contributed by atoms with Crippen molar-refractivity contribution in [3.05, 3.63) is 58.6 Å². The Morgan fingerprint density at radius 3 is 2.43 bits per heavy atom. The van der Waals surface area contributed by atoms with E-state index in [4.69, 9.17) is 17.3 Å². The van der Waals surface area contributed by atoms with Gasteiger partial charge in [0.25, 0.3) is 0 Å². The quantitative estimate of drug-likeness (QED) is 0.383. The number of anilines is 1. The van der Waals surface area contributed by atoms with Gasteiger partial charge in [-0.05, 0) is 36.2 Å². The van der Waals surface area contributed by atoms with Gasteiger partial charge in [0.1, 0.15) is 5.15 Å². The minimum Gasteiger partial charge on any atom is -0.399 e. The van der Waals surface area contributed by atoms with E-state index in [9.17, 15) is 22.0 Å². The molecule has 0 saturated heterocycles. The summed E-state index contributed by atoms with van der Waals surface area (Å²) in [5.41, 5.74) is 7.72. The first kappa shape index (κ1) is 20.0. The lowest BCUT2D eigenvalue weighted by Gasteiger charge is -2.15. The maximum atomic E-state index is 13.8. The number of rotatable bonds is 4. The molecule has 0 bridgehead atoms. The molecule has 2 heterocycles. The summed E-state index contributed by atoms with van der Waals surface area (Å²) in [6, 6.07) is 7.72. The molecule has 0 amide bonds. The molecule has 2 N–H and O–H groups in total. The fraction of sp³-hybridized carbons (Fsp3) is 0.235. The van der Waals surface area contributed by atoms with Gasteiger partial charge in [-0.3, -0.25) is 0 Å². The smallest absolute Gasteiger partial charge is 0.399 e. The molecule has 0 aliphatic carbocycles. The van der Waals surface area contributed by atoms with E-state index in [1.807, 2.05) is 0 Å². The molecule has 3 aromatic rings. The largest absolute Gasteiger partial charge is 0.461 e. The molecular weight excluding hydrogens is 405 g/mol. The predicted octanol–water partition coefficient (Wildman–Crippen LogP) is 4.59. The van der Waals surface area contributed by atoms with E-state index in [1.165, 1.54) is 18.3 Å². The highest BCUT2D eigenvalue weighted by Gasteiger charge is 2.62. The highest BCUT2D eigenvalue weighted by atomic mass is 35.5. The Hall–Kier alpha value is -2.75. The summed E-state index contributed by atoms with van der Waals surface area (Å²) >= 11 is 5.71. The highest BCUT2D eigenvalue weighted by Crippen LogP contribution is 2.43. The van der Waals surface area contributed by atoms with Crippen LogP contribution in [0.3, 0.4) is 0 Å². The minimum atomic E-state index is -5.83. The van der Waals surface area contributed by atoms with Crippen molar-refractivity contribution in [3.8, 4) is 11.4 Å². The van der Waals surface area contributed by atoms with E-state index in [1.54, 1.807) is 25.1 Å². The topological polar surface area (TPSA) is 69.6 Å². The molecule has 0 aliphatic heterocycles. The van der Waals surface area contributed by atoms with Gasteiger partial charge < -0.3 is 5.73 Å². The van der Waals surface area contributed by atoms with Crippen molar-refractivity contribution in [2.45, 2.75) is 25.6 Å². The van der Waals surface area contributed by atoms with Gasteiger partial charge in [0.05, 0.1) is 6.54 Å². The predicted molar refractivity (Wildman–Crippen MR) is 92.9 cm³/mol. The third-order valence-corrected chi connectivity index (χ3v) is 4.33. The molecule has 0 spiro atoms. The molecule has 3 rings (SSSR count). The minimum absolute atomic E-state index is 0.115. The fourth-order valence-electron chi connectivity index (χ4n) is 2.47. The Kier molecular flexibility index (Phi) is 5.00. The maximum Gasteiger partial charge on any atom is 0.461 e. The number of halogens is 6. The van der Waals surface area contributed by atoms with Gasteiger partial charge in [-0.15, -0.1) is 5.10 Å². The SMILES string of the molecule is Cc1c(N)cccc1Cn1nc(C(F)(F)C(F)(F)F)nc1-c1ccc(Cl)nc1. The molecule has 0 radical (unpaired) electrons. The lowest BCUT2D eigenvalue weighted by molar-refractivity contribution is -0.292. The van der Waals surface area contributed by atoms with Gasteiger partial charge in [0, 0.05) is 17.4 Å². The maximum absolute atomic E-state index is 13.8. The Morgan fingerprint density at radius 2 is 1.82 bits per heavy atom. The molecule has 1 aromatic carbocycles. The monoisotopic (exact) mass is 417 g/mol. The summed E-state index contributed by atoms with van der Waals surface area (Å²) in [6.45, 7) is 1.59. The van der Waals surface area contributed by atoms with Crippen LogP contribution in [-0.4, -0.2) is 25.9 Å². The van der Waals surface area contributed by atoms with Crippen molar-refractivity contribution in [2.75, 3.05) is 5.73 Å². The van der Waals surface area contributed by atoms with Gasteiger partial charge in [-0.1, -0.05) is 23.7 Å². The second-order valence-electron chi connectivity index (χ2n) is 5.99. The van der Waals surface area contributed by atoms with Gasteiger partial charge in [0.2, 0.25) is 5.82 Å². The molecular formula is C17H13ClF5N5. The van der Waals surface area contributed by atoms with Crippen molar-refractivity contribution in [2.24, 2.45) is 0 Å². The highest BCUT2D eigenvalue weighted by molar-refractivity contribution is 6.29. The fourth-order valence-corrected chi connectivity index (χ4v) is 2.58. The summed E-state index contributed by atoms with van der Waals surface area (Å²) < 4.78 is 66.9. The summed E-state index contributed by atoms with van der Waals surface area (Å²) in [5, 5.41) is 3.57. The van der Waals surface area contributed by atoms with E-state index in [0.29, 0.717) is 16.8 Å². The van der Waals surface area contributed by atoms with Crippen LogP contribution >= 0.6 is 11.6 Å². The Balaban J connectivity index is 2.14. The second kappa shape index (κ2) is 7.01. The standard InChI is InChI=1S/C17H13ClF5N5/c1-9-11(3-2-4-12(9)24)8-28-14(10-5-6-13(18)25-7-10)26-15(27-28)16(19,20)17(21,22)23/h2-7H,8,24H2,1H3. The first-order chi connectivity index (χ1) is 13.0. The zero-order valence-electron chi connectivity index (χ0n) is 14.3. The van der Waals surface area contributed by atoms with Crippen LogP contribution in [0.25, 0.3) is 11.4 Å². The zero-order chi connectivity index (χ0) is 20.7. The van der Waals surface area contributed by atoms with Crippen molar-refractivity contribution in [3.63, 3.8) is 0 Å². The third kappa shape index (κ3) is 3.64. The lowest BCUT2D eigenvalue weighted by Crippen LogP contribution is -2.35. The Labute approximate surface area is 161 Å². The number of aromatic nitrogens is 4. The molecule has 0 saturated carbocycles. The molecule has 11 heteroatoms. The van der Waals surface area contributed by atoms with Crippen LogP contribution < -0.4 is 5.73 Å². The first-order valence-electron chi connectivity index (χ1n) is 7.86. The van der Waals surface area contributed by atoms with E-state index in [0.717, 1.165) is 4.68 Å². The molecule has 0 aliphatic rings. The van der Waals surface area contributed by atoms with E-state index in [2.05, 4.69) is 15.1 Å². The summed E-state index contributed by atoms with van der Waals surface area (Å²) in [4.78, 5) is 7.27. The number of hydrogen-bond donors (Lipinski definition) is 1. The van der Waals surface area contributed by atoms with Gasteiger partial charge in [-0.2, -0.15) is 22.0 Å². The average Bonchev–Trinajstić information content (AvgIpc) is 3.03. The van der Waals surface area contributed by atoms with Crippen LogP contribution in [-0.2, 0) is 12.5 Å². The second-order valence-corrected chi connectivity index (χ2v) is 6.38. The van der Waals surface area contributed by atoms with Crippen LogP contribution in [0.5, 0.6) is 0 Å². The molecule has 5 nitrogen and oxygen atoms in total. The number of nitrogens with two attached hydrogens (primary N) is 1. The van der Waals surface area contributed by atoms with Crippen LogP contribution in [0.2, 0.25) is 5.15 Å². The van der Waals surface area contributed by atoms with Crippen molar-refractivity contribution < 1.29 is 22.0 Å². The lowest BCUT2D eigenvalue weighted by atomic mass is 10.1. The first-order valence-corrected chi connectivity index (χ1v) is 8.24. The third-order valence-electron chi connectivity index (χ3n) is 4.10. The van der Waals surface area contributed by atoms with Crippen molar-refractivity contribution in [1.82, 2.24) is 19.7 Å². The van der Waals surface area contributed by atoms with Crippen LogP contribution in [0, 0.1) is 6.92 Å². The average molecular weight is 418 g/mol.